The van der Waals surface area contributed by atoms with Crippen LogP contribution in [0.2, 0.25) is 0 Å². The Balaban J connectivity index is 2.34. The van der Waals surface area contributed by atoms with Crippen molar-refractivity contribution in [2.45, 2.75) is 12.3 Å². The summed E-state index contributed by atoms with van der Waals surface area (Å²) in [5.41, 5.74) is -1.20. The van der Waals surface area contributed by atoms with Crippen molar-refractivity contribution in [1.82, 2.24) is 9.55 Å². The van der Waals surface area contributed by atoms with Crippen LogP contribution in [0.1, 0.15) is 6.23 Å². The normalized spacial score (nSPS) is 24.0. The van der Waals surface area contributed by atoms with Gasteiger partial charge in [0.2, 0.25) is 6.23 Å². The lowest BCUT2D eigenvalue weighted by Gasteiger charge is -2.17. The molecule has 0 spiro atoms. The zero-order chi connectivity index (χ0) is 11.7. The third-order valence-electron chi connectivity index (χ3n) is 2.20. The number of hydrogen-bond donors (Lipinski definition) is 3. The number of aromatic amines is 1. The van der Waals surface area contributed by atoms with E-state index >= 15 is 0 Å². The second kappa shape index (κ2) is 3.95. The molecule has 0 aliphatic carbocycles. The summed E-state index contributed by atoms with van der Waals surface area (Å²) in [4.78, 5) is 24.3. The first-order chi connectivity index (χ1) is 7.61. The van der Waals surface area contributed by atoms with E-state index in [4.69, 9.17) is 9.84 Å². The largest absolute Gasteiger partial charge is 0.469 e. The Bertz CT molecular complexity index is 529. The van der Waals surface area contributed by atoms with Gasteiger partial charge in [-0.05, 0) is 6.08 Å². The summed E-state index contributed by atoms with van der Waals surface area (Å²) in [7, 11) is 0. The maximum absolute atomic E-state index is 11.4. The smallest absolute Gasteiger partial charge is 0.331 e. The van der Waals surface area contributed by atoms with E-state index in [0.29, 0.717) is 0 Å². The summed E-state index contributed by atoms with van der Waals surface area (Å²) >= 11 is 0. The molecule has 0 amide bonds. The Kier molecular flexibility index (Phi) is 2.63. The monoisotopic (exact) mass is 226 g/mol. The van der Waals surface area contributed by atoms with E-state index in [1.54, 1.807) is 0 Å². The Hall–Kier alpha value is -1.86. The van der Waals surface area contributed by atoms with Crippen molar-refractivity contribution in [3.8, 4) is 0 Å². The van der Waals surface area contributed by atoms with Gasteiger partial charge >= 0.3 is 5.69 Å². The van der Waals surface area contributed by atoms with Gasteiger partial charge in [-0.3, -0.25) is 14.3 Å². The topological polar surface area (TPSA) is 105 Å². The molecule has 7 nitrogen and oxygen atoms in total. The van der Waals surface area contributed by atoms with Crippen molar-refractivity contribution in [3.63, 3.8) is 0 Å². The Morgan fingerprint density at radius 2 is 2.25 bits per heavy atom. The van der Waals surface area contributed by atoms with Gasteiger partial charge in [0.25, 0.3) is 5.56 Å². The molecular weight excluding hydrogens is 216 g/mol. The summed E-state index contributed by atoms with van der Waals surface area (Å²) in [6.07, 6.45) is 0.545. The SMILES string of the molecule is O=c1ccn([C@@H]2OC(CO)=CC2O)c(=O)[nH]1. The van der Waals surface area contributed by atoms with E-state index in [1.807, 2.05) is 4.98 Å². The Labute approximate surface area is 89.2 Å². The summed E-state index contributed by atoms with van der Waals surface area (Å²) in [6.45, 7) is -0.355. The van der Waals surface area contributed by atoms with E-state index < -0.39 is 23.6 Å². The highest BCUT2D eigenvalue weighted by molar-refractivity contribution is 5.06. The zero-order valence-electron chi connectivity index (χ0n) is 8.16. The first kappa shape index (κ1) is 10.7. The van der Waals surface area contributed by atoms with E-state index in [1.165, 1.54) is 12.3 Å². The predicted molar refractivity (Wildman–Crippen MR) is 52.6 cm³/mol. The number of rotatable bonds is 2. The van der Waals surface area contributed by atoms with Gasteiger partial charge in [-0.1, -0.05) is 0 Å². The number of aliphatic hydroxyl groups excluding tert-OH is 2. The highest BCUT2D eigenvalue weighted by Crippen LogP contribution is 2.24. The molecule has 0 saturated carbocycles. The van der Waals surface area contributed by atoms with E-state index in [2.05, 4.69) is 0 Å². The summed E-state index contributed by atoms with van der Waals surface area (Å²) in [5, 5.41) is 18.4. The fourth-order valence-corrected chi connectivity index (χ4v) is 1.48. The molecule has 0 bridgehead atoms. The van der Waals surface area contributed by atoms with E-state index in [0.717, 1.165) is 10.6 Å². The molecule has 0 saturated heterocycles. The number of aliphatic hydroxyl groups is 2. The Morgan fingerprint density at radius 1 is 1.50 bits per heavy atom. The lowest BCUT2D eigenvalue weighted by molar-refractivity contribution is -0.0104. The van der Waals surface area contributed by atoms with Gasteiger partial charge < -0.3 is 14.9 Å². The highest BCUT2D eigenvalue weighted by atomic mass is 16.5. The van der Waals surface area contributed by atoms with Crippen LogP contribution < -0.4 is 11.2 Å². The van der Waals surface area contributed by atoms with Gasteiger partial charge in [0.1, 0.15) is 18.5 Å². The van der Waals surface area contributed by atoms with Crippen LogP contribution in [0, 0.1) is 0 Å². The molecule has 1 aromatic heterocycles. The van der Waals surface area contributed by atoms with Crippen molar-refractivity contribution in [2.75, 3.05) is 6.61 Å². The van der Waals surface area contributed by atoms with E-state index in [9.17, 15) is 14.7 Å². The molecule has 7 heteroatoms. The molecule has 2 heterocycles. The molecule has 16 heavy (non-hydrogen) atoms. The fraction of sp³-hybridized carbons (Fsp3) is 0.333. The van der Waals surface area contributed by atoms with Crippen molar-refractivity contribution in [3.05, 3.63) is 44.9 Å². The maximum Gasteiger partial charge on any atom is 0.331 e. The summed E-state index contributed by atoms with van der Waals surface area (Å²) < 4.78 is 6.18. The Morgan fingerprint density at radius 3 is 2.81 bits per heavy atom. The lowest BCUT2D eigenvalue weighted by atomic mass is 10.3. The molecule has 0 radical (unpaired) electrons. The van der Waals surface area contributed by atoms with Gasteiger partial charge in [0.15, 0.2) is 0 Å². The number of H-pyrrole nitrogens is 1. The fourth-order valence-electron chi connectivity index (χ4n) is 1.48. The minimum absolute atomic E-state index is 0.190. The average molecular weight is 226 g/mol. The standard InChI is InChI=1S/C9H10N2O5/c12-4-5-3-6(13)8(16-5)11-2-1-7(14)10-9(11)15/h1-3,6,8,12-13H,4H2,(H,10,14,15)/t6?,8-/m1/s1. The first-order valence-electron chi connectivity index (χ1n) is 4.59. The molecule has 1 aliphatic heterocycles. The minimum Gasteiger partial charge on any atom is -0.469 e. The van der Waals surface area contributed by atoms with Crippen molar-refractivity contribution >= 4 is 0 Å². The molecule has 1 unspecified atom stereocenters. The van der Waals surface area contributed by atoms with Crippen LogP contribution in [0.3, 0.4) is 0 Å². The van der Waals surface area contributed by atoms with Crippen LogP contribution in [0.5, 0.6) is 0 Å². The third-order valence-corrected chi connectivity index (χ3v) is 2.20. The van der Waals surface area contributed by atoms with Gasteiger partial charge in [-0.15, -0.1) is 0 Å². The van der Waals surface area contributed by atoms with Gasteiger partial charge in [-0.2, -0.15) is 0 Å². The quantitative estimate of drug-likeness (QED) is 0.557. The van der Waals surface area contributed by atoms with Gasteiger partial charge in [0.05, 0.1) is 0 Å². The number of nitrogens with one attached hydrogen (secondary N) is 1. The van der Waals surface area contributed by atoms with Crippen molar-refractivity contribution in [2.24, 2.45) is 0 Å². The predicted octanol–water partition coefficient (Wildman–Crippen LogP) is -1.70. The molecule has 1 aromatic rings. The van der Waals surface area contributed by atoms with Crippen LogP contribution in [-0.4, -0.2) is 32.5 Å². The molecule has 1 aliphatic rings. The van der Waals surface area contributed by atoms with Crippen molar-refractivity contribution in [1.29, 1.82) is 0 Å². The highest BCUT2D eigenvalue weighted by Gasteiger charge is 2.29. The lowest BCUT2D eigenvalue weighted by Crippen LogP contribution is -2.35. The zero-order valence-corrected chi connectivity index (χ0v) is 8.16. The number of nitrogens with zero attached hydrogens (tertiary/aromatic N) is 1. The molecule has 0 fully saturated rings. The molecular formula is C9H10N2O5. The summed E-state index contributed by atoms with van der Waals surface area (Å²) in [5.74, 6) is 0.190. The third kappa shape index (κ3) is 1.77. The van der Waals surface area contributed by atoms with Gasteiger partial charge in [0, 0.05) is 12.3 Å². The molecule has 3 N–H and O–H groups in total. The second-order valence-corrected chi connectivity index (χ2v) is 3.31. The van der Waals surface area contributed by atoms with Crippen LogP contribution in [0.15, 0.2) is 33.7 Å². The summed E-state index contributed by atoms with van der Waals surface area (Å²) in [6, 6.07) is 1.15. The maximum atomic E-state index is 11.4. The number of hydrogen-bond acceptors (Lipinski definition) is 5. The first-order valence-corrected chi connectivity index (χ1v) is 4.59. The second-order valence-electron chi connectivity index (χ2n) is 3.31. The average Bonchev–Trinajstić information content (AvgIpc) is 2.60. The van der Waals surface area contributed by atoms with Crippen LogP contribution >= 0.6 is 0 Å². The van der Waals surface area contributed by atoms with E-state index in [-0.39, 0.29) is 12.4 Å². The van der Waals surface area contributed by atoms with Crippen LogP contribution in [0.25, 0.3) is 0 Å². The van der Waals surface area contributed by atoms with Crippen molar-refractivity contribution < 1.29 is 14.9 Å². The number of aromatic nitrogens is 2. The molecule has 2 rings (SSSR count). The van der Waals surface area contributed by atoms with Crippen LogP contribution in [0.4, 0.5) is 0 Å². The van der Waals surface area contributed by atoms with Crippen LogP contribution in [-0.2, 0) is 4.74 Å². The molecule has 2 atom stereocenters. The minimum atomic E-state index is -1.04. The molecule has 0 aromatic carbocycles. The molecule has 86 valence electrons. The number of ether oxygens (including phenoxy) is 1. The van der Waals surface area contributed by atoms with Gasteiger partial charge in [-0.25, -0.2) is 4.79 Å².